The van der Waals surface area contributed by atoms with E-state index in [1.165, 1.54) is 20.2 Å². The van der Waals surface area contributed by atoms with Gasteiger partial charge in [-0.25, -0.2) is 0 Å². The molecule has 0 fully saturated rings. The van der Waals surface area contributed by atoms with E-state index in [4.69, 9.17) is 4.42 Å². The molecular formula is C51H25N5OS. The third-order valence-electron chi connectivity index (χ3n) is 11.6. The number of rotatable bonds is 3. The maximum atomic E-state index is 10.7. The Morgan fingerprint density at radius 3 is 1.93 bits per heavy atom. The molecule has 12 rings (SSSR count). The molecule has 8 aromatic carbocycles. The zero-order chi connectivity index (χ0) is 38.6. The van der Waals surface area contributed by atoms with E-state index in [9.17, 15) is 15.8 Å². The molecule has 0 amide bonds. The zero-order valence-electron chi connectivity index (χ0n) is 30.5. The lowest BCUT2D eigenvalue weighted by atomic mass is 9.95. The Balaban J connectivity index is 1.14. The minimum absolute atomic E-state index is 0.350. The van der Waals surface area contributed by atoms with Gasteiger partial charge < -0.3 is 13.6 Å². The molecule has 0 aliphatic carbocycles. The molecule has 0 radical (unpaired) electrons. The molecule has 0 atom stereocenters. The van der Waals surface area contributed by atoms with Crippen LogP contribution in [0.2, 0.25) is 0 Å². The summed E-state index contributed by atoms with van der Waals surface area (Å²) in [7, 11) is 0. The fourth-order valence-electron chi connectivity index (χ4n) is 9.20. The summed E-state index contributed by atoms with van der Waals surface area (Å²) in [6.07, 6.45) is 0. The summed E-state index contributed by atoms with van der Waals surface area (Å²) in [6.45, 7) is 0. The van der Waals surface area contributed by atoms with Gasteiger partial charge in [-0.2, -0.15) is 15.8 Å². The normalized spacial score (nSPS) is 11.7. The quantitative estimate of drug-likeness (QED) is 0.179. The fourth-order valence-corrected chi connectivity index (χ4v) is 10.5. The molecule has 0 saturated carbocycles. The van der Waals surface area contributed by atoms with E-state index >= 15 is 0 Å². The number of thiophene rings is 1. The van der Waals surface area contributed by atoms with E-state index in [0.717, 1.165) is 71.2 Å². The van der Waals surface area contributed by atoms with Crippen LogP contribution in [0.25, 0.3) is 108 Å². The smallest absolute Gasteiger partial charge is 0.136 e. The van der Waals surface area contributed by atoms with Crippen LogP contribution in [-0.2, 0) is 0 Å². The molecule has 6 nitrogen and oxygen atoms in total. The first-order chi connectivity index (χ1) is 28.6. The van der Waals surface area contributed by atoms with E-state index in [-0.39, 0.29) is 0 Å². The average molecular weight is 756 g/mol. The number of hydrogen-bond acceptors (Lipinski definition) is 5. The van der Waals surface area contributed by atoms with Crippen molar-refractivity contribution < 1.29 is 4.42 Å². The molecule has 0 aliphatic heterocycles. The summed E-state index contributed by atoms with van der Waals surface area (Å²) in [5.41, 5.74) is 9.49. The van der Waals surface area contributed by atoms with Gasteiger partial charge in [-0.15, -0.1) is 11.3 Å². The third kappa shape index (κ3) is 4.32. The zero-order valence-corrected chi connectivity index (χ0v) is 31.3. The minimum atomic E-state index is 0.350. The number of hydrogen-bond donors (Lipinski definition) is 0. The van der Waals surface area contributed by atoms with Crippen LogP contribution in [0.15, 0.2) is 156 Å². The first-order valence-electron chi connectivity index (χ1n) is 18.8. The van der Waals surface area contributed by atoms with Gasteiger partial charge in [-0.3, -0.25) is 0 Å². The molecule has 0 bridgehead atoms. The van der Waals surface area contributed by atoms with Gasteiger partial charge in [0.05, 0.1) is 56.6 Å². The molecular weight excluding hydrogens is 731 g/mol. The highest BCUT2D eigenvalue weighted by Crippen LogP contribution is 2.45. The summed E-state index contributed by atoms with van der Waals surface area (Å²) >= 11 is 1.78. The van der Waals surface area contributed by atoms with Crippen molar-refractivity contribution in [3.63, 3.8) is 0 Å². The lowest BCUT2D eigenvalue weighted by molar-refractivity contribution is 0.669. The number of fused-ring (bicyclic) bond motifs is 14. The molecule has 7 heteroatoms. The second-order valence-corrected chi connectivity index (χ2v) is 15.6. The van der Waals surface area contributed by atoms with Gasteiger partial charge in [0.1, 0.15) is 17.2 Å². The first-order valence-corrected chi connectivity index (χ1v) is 19.7. The number of benzene rings is 8. The maximum absolute atomic E-state index is 10.7. The van der Waals surface area contributed by atoms with Gasteiger partial charge in [0.15, 0.2) is 0 Å². The summed E-state index contributed by atoms with van der Waals surface area (Å²) < 4.78 is 13.1. The summed E-state index contributed by atoms with van der Waals surface area (Å²) in [5, 5.41) is 40.7. The molecule has 0 saturated heterocycles. The van der Waals surface area contributed by atoms with Crippen molar-refractivity contribution in [1.82, 2.24) is 9.13 Å². The Morgan fingerprint density at radius 2 is 1.14 bits per heavy atom. The van der Waals surface area contributed by atoms with Crippen molar-refractivity contribution in [2.24, 2.45) is 0 Å². The number of nitriles is 3. The van der Waals surface area contributed by atoms with Crippen molar-refractivity contribution in [3.05, 3.63) is 168 Å². The van der Waals surface area contributed by atoms with Crippen molar-refractivity contribution in [1.29, 1.82) is 15.8 Å². The van der Waals surface area contributed by atoms with Crippen LogP contribution in [0.5, 0.6) is 0 Å². The van der Waals surface area contributed by atoms with Crippen LogP contribution >= 0.6 is 11.3 Å². The molecule has 0 aliphatic rings. The lowest BCUT2D eigenvalue weighted by Crippen LogP contribution is -2.01. The SMILES string of the molecule is N#Cc1cc(-c2cc(-n3c4ccccc4c4c5sc6ccccc6c5ccc43)c(C#N)cc2C#N)cc(-n2c3ccccc3c3c4c(ccc32)oc2ccccc24)c1. The van der Waals surface area contributed by atoms with E-state index in [2.05, 4.69) is 106 Å². The molecule has 4 heterocycles. The van der Waals surface area contributed by atoms with Crippen molar-refractivity contribution >= 4 is 97.1 Å². The van der Waals surface area contributed by atoms with E-state index in [1.807, 2.05) is 66.7 Å². The Hall–Kier alpha value is -8.15. The topological polar surface area (TPSA) is 94.4 Å². The number of nitrogens with zero attached hydrogens (tertiary/aromatic N) is 5. The van der Waals surface area contributed by atoms with Gasteiger partial charge in [0, 0.05) is 63.7 Å². The van der Waals surface area contributed by atoms with Gasteiger partial charge in [0.2, 0.25) is 0 Å². The fraction of sp³-hybridized carbons (Fsp3) is 0. The summed E-state index contributed by atoms with van der Waals surface area (Å²) in [6, 6.07) is 58.2. The molecule has 0 spiro atoms. The predicted molar refractivity (Wildman–Crippen MR) is 235 cm³/mol. The standard InChI is InChI=1S/C51H25N5OS/c52-26-29-21-30(24-33(22-29)55-40-13-5-1-10-36(40)48-42(55)19-20-46-50(48)38-12-3-7-15-45(38)57-46)39-25-44(32(28-54)23-31(39)27-53)56-41-14-6-2-11-37(41)49-43(56)18-17-35-34-9-4-8-16-47(34)58-51(35)49/h1-25H. The Kier molecular flexibility index (Phi) is 6.61. The van der Waals surface area contributed by atoms with Gasteiger partial charge in [-0.05, 0) is 78.4 Å². The predicted octanol–water partition coefficient (Wildman–Crippen LogP) is 13.4. The number of aromatic nitrogens is 2. The van der Waals surface area contributed by atoms with E-state index in [1.54, 1.807) is 17.4 Å². The first kappa shape index (κ1) is 32.1. The van der Waals surface area contributed by atoms with Crippen LogP contribution in [0.3, 0.4) is 0 Å². The highest BCUT2D eigenvalue weighted by Gasteiger charge is 2.23. The molecule has 0 N–H and O–H groups in total. The Labute approximate surface area is 334 Å². The molecule has 266 valence electrons. The van der Waals surface area contributed by atoms with E-state index < -0.39 is 0 Å². The molecule has 4 aromatic heterocycles. The van der Waals surface area contributed by atoms with Crippen LogP contribution < -0.4 is 0 Å². The van der Waals surface area contributed by atoms with Crippen LogP contribution in [-0.4, -0.2) is 9.13 Å². The molecule has 58 heavy (non-hydrogen) atoms. The monoisotopic (exact) mass is 755 g/mol. The minimum Gasteiger partial charge on any atom is -0.456 e. The third-order valence-corrected chi connectivity index (χ3v) is 12.8. The van der Waals surface area contributed by atoms with Gasteiger partial charge >= 0.3 is 0 Å². The highest BCUT2D eigenvalue weighted by atomic mass is 32.1. The number of furan rings is 1. The number of para-hydroxylation sites is 3. The van der Waals surface area contributed by atoms with Crippen LogP contribution in [0, 0.1) is 34.0 Å². The van der Waals surface area contributed by atoms with E-state index in [0.29, 0.717) is 33.5 Å². The summed E-state index contributed by atoms with van der Waals surface area (Å²) in [5.74, 6) is 0. The Morgan fingerprint density at radius 1 is 0.466 bits per heavy atom. The summed E-state index contributed by atoms with van der Waals surface area (Å²) in [4.78, 5) is 0. The van der Waals surface area contributed by atoms with Crippen LogP contribution in [0.4, 0.5) is 0 Å². The van der Waals surface area contributed by atoms with Crippen molar-refractivity contribution in [3.8, 4) is 40.7 Å². The second kappa shape index (κ2) is 11.9. The van der Waals surface area contributed by atoms with Gasteiger partial charge in [0.25, 0.3) is 0 Å². The molecule has 12 aromatic rings. The van der Waals surface area contributed by atoms with Gasteiger partial charge in [-0.1, -0.05) is 78.9 Å². The van der Waals surface area contributed by atoms with Crippen molar-refractivity contribution in [2.75, 3.05) is 0 Å². The second-order valence-electron chi connectivity index (χ2n) is 14.6. The largest absolute Gasteiger partial charge is 0.456 e. The van der Waals surface area contributed by atoms with Crippen molar-refractivity contribution in [2.45, 2.75) is 0 Å². The Bertz CT molecular complexity index is 3910. The molecule has 0 unspecified atom stereocenters. The lowest BCUT2D eigenvalue weighted by Gasteiger charge is -2.16. The average Bonchev–Trinajstić information content (AvgIpc) is 4.03. The van der Waals surface area contributed by atoms with Crippen LogP contribution in [0.1, 0.15) is 16.7 Å². The highest BCUT2D eigenvalue weighted by molar-refractivity contribution is 7.26. The maximum Gasteiger partial charge on any atom is 0.136 e.